The minimum atomic E-state index is -1.01. The van der Waals surface area contributed by atoms with E-state index in [9.17, 15) is 19.2 Å². The molecule has 0 radical (unpaired) electrons. The van der Waals surface area contributed by atoms with Crippen molar-refractivity contribution in [1.29, 1.82) is 0 Å². The molecule has 4 N–H and O–H groups in total. The third-order valence-corrected chi connectivity index (χ3v) is 7.32. The first-order valence-electron chi connectivity index (χ1n) is 11.0. The fraction of sp³-hybridized carbons (Fsp3) is 0.810. The van der Waals surface area contributed by atoms with Crippen LogP contribution in [0.3, 0.4) is 0 Å². The van der Waals surface area contributed by atoms with Gasteiger partial charge in [0.15, 0.2) is 0 Å². The average Bonchev–Trinajstić information content (AvgIpc) is 3.05. The molecule has 0 bridgehead atoms. The molecule has 3 aliphatic rings. The topological polar surface area (TPSA) is 170 Å². The first kappa shape index (κ1) is 23.8. The van der Waals surface area contributed by atoms with E-state index in [0.29, 0.717) is 19.5 Å². The first-order valence-corrected chi connectivity index (χ1v) is 11.0. The second-order valence-electron chi connectivity index (χ2n) is 10.8. The van der Waals surface area contributed by atoms with Crippen LogP contribution in [0, 0.1) is 28.6 Å². The van der Waals surface area contributed by atoms with E-state index in [1.807, 2.05) is 13.8 Å². The molecule has 0 aromatic heterocycles. The highest BCUT2D eigenvalue weighted by molar-refractivity contribution is 5.94. The van der Waals surface area contributed by atoms with E-state index in [0.717, 1.165) is 0 Å². The van der Waals surface area contributed by atoms with Crippen LogP contribution in [0.5, 0.6) is 0 Å². The number of azide groups is 1. The molecule has 4 amide bonds. The van der Waals surface area contributed by atoms with Crippen molar-refractivity contribution in [3.8, 4) is 0 Å². The summed E-state index contributed by atoms with van der Waals surface area (Å²) in [5.41, 5.74) is 13.7. The second kappa shape index (κ2) is 8.27. The van der Waals surface area contributed by atoms with Gasteiger partial charge in [-0.3, -0.25) is 19.2 Å². The zero-order chi connectivity index (χ0) is 24.0. The Morgan fingerprint density at radius 2 is 2.03 bits per heavy atom. The molecule has 6 atom stereocenters. The van der Waals surface area contributed by atoms with Gasteiger partial charge in [-0.25, -0.2) is 0 Å². The summed E-state index contributed by atoms with van der Waals surface area (Å²) in [5.74, 6) is -2.06. The summed E-state index contributed by atoms with van der Waals surface area (Å²) in [4.78, 5) is 55.0. The van der Waals surface area contributed by atoms with Gasteiger partial charge in [0.25, 0.3) is 0 Å². The molecule has 1 aliphatic carbocycles. The maximum Gasteiger partial charge on any atom is 0.243 e. The number of carbonyl (C=O) groups is 4. The molecule has 2 aliphatic heterocycles. The summed E-state index contributed by atoms with van der Waals surface area (Å²) in [5, 5.41) is 9.13. The third-order valence-electron chi connectivity index (χ3n) is 7.32. The van der Waals surface area contributed by atoms with Crippen LogP contribution < -0.4 is 16.4 Å². The number of rotatable bonds is 7. The molecule has 176 valence electrons. The van der Waals surface area contributed by atoms with Crippen molar-refractivity contribution in [2.45, 2.75) is 65.6 Å². The SMILES string of the molecule is CC(C)(C)C(N=[N+]=[N-])C(=O)N1C[C@H]2[C@@H]([C@H]1C(=O)N[C@@H](C[C@@H]1CCNC1=O)C(N)=O)C2(C)C. The van der Waals surface area contributed by atoms with Gasteiger partial charge in [0.05, 0.1) is 0 Å². The number of nitrogens with two attached hydrogens (primary N) is 1. The quantitative estimate of drug-likeness (QED) is 0.296. The first-order chi connectivity index (χ1) is 14.8. The minimum Gasteiger partial charge on any atom is -0.368 e. The summed E-state index contributed by atoms with van der Waals surface area (Å²) in [7, 11) is 0. The van der Waals surface area contributed by atoms with Crippen LogP contribution in [0.15, 0.2) is 5.11 Å². The molecule has 0 spiro atoms. The van der Waals surface area contributed by atoms with Crippen molar-refractivity contribution in [3.63, 3.8) is 0 Å². The molecule has 32 heavy (non-hydrogen) atoms. The van der Waals surface area contributed by atoms with Gasteiger partial charge in [0.1, 0.15) is 18.1 Å². The van der Waals surface area contributed by atoms with Crippen LogP contribution in [0.2, 0.25) is 0 Å². The maximum absolute atomic E-state index is 13.4. The van der Waals surface area contributed by atoms with Gasteiger partial charge >= 0.3 is 0 Å². The van der Waals surface area contributed by atoms with Crippen molar-refractivity contribution >= 4 is 23.6 Å². The number of likely N-dealkylation sites (tertiary alicyclic amines) is 1. The molecular weight excluding hydrogens is 414 g/mol. The second-order valence-corrected chi connectivity index (χ2v) is 10.8. The van der Waals surface area contributed by atoms with E-state index < -0.39 is 47.2 Å². The van der Waals surface area contributed by atoms with Gasteiger partial charge in [0.2, 0.25) is 23.6 Å². The Kier molecular flexibility index (Phi) is 6.16. The number of fused-ring (bicyclic) bond motifs is 1. The standard InChI is InChI=1S/C21H33N7O4/c1-20(2,3)15(26-27-23)19(32)28-9-11-13(21(11,4)5)14(28)18(31)25-12(16(22)29)8-10-6-7-24-17(10)30/h10-15H,6-9H2,1-5H3,(H2,22,29)(H,24,30)(H,25,31)/t10-,11-,12-,13-,14-,15?/m0/s1. The van der Waals surface area contributed by atoms with Gasteiger partial charge in [-0.1, -0.05) is 39.7 Å². The molecule has 3 fully saturated rings. The van der Waals surface area contributed by atoms with Gasteiger partial charge < -0.3 is 21.3 Å². The van der Waals surface area contributed by atoms with Crippen molar-refractivity contribution in [1.82, 2.24) is 15.5 Å². The van der Waals surface area contributed by atoms with Gasteiger partial charge in [-0.2, -0.15) is 0 Å². The number of hydrogen-bond donors (Lipinski definition) is 3. The van der Waals surface area contributed by atoms with E-state index in [1.165, 1.54) is 4.90 Å². The smallest absolute Gasteiger partial charge is 0.243 e. The normalized spacial score (nSPS) is 29.9. The summed E-state index contributed by atoms with van der Waals surface area (Å²) in [6.07, 6.45) is 0.693. The summed E-state index contributed by atoms with van der Waals surface area (Å²) in [6, 6.07) is -2.76. The largest absolute Gasteiger partial charge is 0.368 e. The molecular formula is C21H33N7O4. The van der Waals surface area contributed by atoms with Crippen molar-refractivity contribution in [3.05, 3.63) is 10.4 Å². The highest BCUT2D eigenvalue weighted by Gasteiger charge is 2.69. The molecule has 1 unspecified atom stereocenters. The van der Waals surface area contributed by atoms with E-state index in [1.54, 1.807) is 20.8 Å². The lowest BCUT2D eigenvalue weighted by Crippen LogP contribution is -2.57. The average molecular weight is 448 g/mol. The summed E-state index contributed by atoms with van der Waals surface area (Å²) in [6.45, 7) is 10.4. The Bertz CT molecular complexity index is 874. The van der Waals surface area contributed by atoms with Crippen LogP contribution in [0.1, 0.15) is 47.5 Å². The molecule has 0 aromatic carbocycles. The van der Waals surface area contributed by atoms with E-state index in [4.69, 9.17) is 11.3 Å². The molecule has 11 heteroatoms. The predicted molar refractivity (Wildman–Crippen MR) is 116 cm³/mol. The van der Waals surface area contributed by atoms with E-state index in [2.05, 4.69) is 20.7 Å². The Labute approximate surface area is 187 Å². The lowest BCUT2D eigenvalue weighted by Gasteiger charge is -2.35. The minimum absolute atomic E-state index is 0.0681. The molecule has 1 saturated carbocycles. The van der Waals surface area contributed by atoms with Crippen molar-refractivity contribution in [2.75, 3.05) is 13.1 Å². The fourth-order valence-electron chi connectivity index (χ4n) is 5.27. The lowest BCUT2D eigenvalue weighted by molar-refractivity contribution is -0.143. The number of piperidine rings is 1. The highest BCUT2D eigenvalue weighted by Crippen LogP contribution is 2.65. The van der Waals surface area contributed by atoms with E-state index >= 15 is 0 Å². The molecule has 2 heterocycles. The van der Waals surface area contributed by atoms with Gasteiger partial charge in [-0.15, -0.1) is 0 Å². The Balaban J connectivity index is 1.82. The number of carbonyl (C=O) groups excluding carboxylic acids is 4. The van der Waals surface area contributed by atoms with Gasteiger partial charge in [-0.05, 0) is 41.0 Å². The number of amides is 4. The van der Waals surface area contributed by atoms with Crippen LogP contribution in [0.25, 0.3) is 10.4 Å². The highest BCUT2D eigenvalue weighted by atomic mass is 16.2. The Morgan fingerprint density at radius 3 is 2.53 bits per heavy atom. The zero-order valence-corrected chi connectivity index (χ0v) is 19.3. The number of nitrogens with zero attached hydrogens (tertiary/aromatic N) is 4. The Morgan fingerprint density at radius 1 is 1.38 bits per heavy atom. The molecule has 2 saturated heterocycles. The number of hydrogen-bond acceptors (Lipinski definition) is 5. The monoisotopic (exact) mass is 447 g/mol. The molecule has 3 rings (SSSR count). The fourth-order valence-corrected chi connectivity index (χ4v) is 5.27. The lowest BCUT2D eigenvalue weighted by atomic mass is 9.86. The van der Waals surface area contributed by atoms with E-state index in [-0.39, 0.29) is 29.6 Å². The number of primary amides is 1. The van der Waals surface area contributed by atoms with Crippen LogP contribution >= 0.6 is 0 Å². The zero-order valence-electron chi connectivity index (χ0n) is 19.3. The van der Waals surface area contributed by atoms with Crippen LogP contribution in [0.4, 0.5) is 0 Å². The molecule has 0 aromatic rings. The van der Waals surface area contributed by atoms with Crippen LogP contribution in [-0.2, 0) is 19.2 Å². The molecule has 11 nitrogen and oxygen atoms in total. The number of nitrogens with one attached hydrogen (secondary N) is 2. The summed E-state index contributed by atoms with van der Waals surface area (Å²) >= 11 is 0. The summed E-state index contributed by atoms with van der Waals surface area (Å²) < 4.78 is 0. The maximum atomic E-state index is 13.4. The van der Waals surface area contributed by atoms with Crippen molar-refractivity contribution < 1.29 is 19.2 Å². The van der Waals surface area contributed by atoms with Crippen molar-refractivity contribution in [2.24, 2.45) is 39.4 Å². The van der Waals surface area contributed by atoms with Gasteiger partial charge in [0, 0.05) is 23.9 Å². The Hall–Kier alpha value is -2.81. The third kappa shape index (κ3) is 4.26. The van der Waals surface area contributed by atoms with Crippen LogP contribution in [-0.4, -0.2) is 59.7 Å². The predicted octanol–water partition coefficient (Wildman–Crippen LogP) is 0.691.